The van der Waals surface area contributed by atoms with Crippen molar-refractivity contribution in [2.45, 2.75) is 18.6 Å². The van der Waals surface area contributed by atoms with Crippen LogP contribution in [-0.4, -0.2) is 73.8 Å². The lowest BCUT2D eigenvalue weighted by molar-refractivity contribution is -0.139. The highest BCUT2D eigenvalue weighted by atomic mass is 19.1. The molecule has 7 heteroatoms. The van der Waals surface area contributed by atoms with Crippen LogP contribution in [-0.2, 0) is 9.53 Å². The first kappa shape index (κ1) is 16.7. The van der Waals surface area contributed by atoms with Crippen LogP contribution in [0.5, 0.6) is 5.75 Å². The number of hydrogen-bond acceptors (Lipinski definition) is 4. The van der Waals surface area contributed by atoms with Gasteiger partial charge < -0.3 is 19.3 Å². The smallest absolute Gasteiger partial charge is 0.254 e. The molecule has 0 unspecified atom stereocenters. The zero-order valence-electron chi connectivity index (χ0n) is 13.6. The van der Waals surface area contributed by atoms with Crippen LogP contribution in [0.4, 0.5) is 4.39 Å². The van der Waals surface area contributed by atoms with Gasteiger partial charge in [0.2, 0.25) is 5.91 Å². The fourth-order valence-corrected chi connectivity index (χ4v) is 3.14. The predicted octanol–water partition coefficient (Wildman–Crippen LogP) is 1.11. The number of ether oxygens (including phenoxy) is 2. The Bertz CT molecular complexity index is 601. The Hall–Kier alpha value is -2.15. The van der Waals surface area contributed by atoms with Crippen molar-refractivity contribution in [1.82, 2.24) is 9.80 Å². The van der Waals surface area contributed by atoms with E-state index < -0.39 is 12.2 Å². The zero-order valence-corrected chi connectivity index (χ0v) is 13.6. The highest BCUT2D eigenvalue weighted by Crippen LogP contribution is 2.25. The number of morpholine rings is 1. The van der Waals surface area contributed by atoms with E-state index in [-0.39, 0.29) is 24.8 Å². The van der Waals surface area contributed by atoms with Crippen molar-refractivity contribution in [3.05, 3.63) is 29.8 Å². The third kappa shape index (κ3) is 3.36. The minimum Gasteiger partial charge on any atom is -0.497 e. The normalized spacial score (nSPS) is 24.1. The largest absolute Gasteiger partial charge is 0.497 e. The van der Waals surface area contributed by atoms with Crippen molar-refractivity contribution in [3.63, 3.8) is 0 Å². The number of hydrogen-bond donors (Lipinski definition) is 0. The van der Waals surface area contributed by atoms with Crippen LogP contribution in [0.3, 0.4) is 0 Å². The molecule has 3 rings (SSSR count). The molecule has 2 saturated heterocycles. The summed E-state index contributed by atoms with van der Waals surface area (Å²) in [6.45, 7) is 1.87. The van der Waals surface area contributed by atoms with E-state index in [1.165, 1.54) is 4.90 Å². The molecule has 1 aromatic carbocycles. The van der Waals surface area contributed by atoms with Gasteiger partial charge in [0.05, 0.1) is 26.9 Å². The summed E-state index contributed by atoms with van der Waals surface area (Å²) < 4.78 is 24.2. The van der Waals surface area contributed by atoms with Crippen molar-refractivity contribution < 1.29 is 23.5 Å². The van der Waals surface area contributed by atoms with Crippen molar-refractivity contribution in [3.8, 4) is 5.75 Å². The lowest BCUT2D eigenvalue weighted by atomic mass is 10.1. The van der Waals surface area contributed by atoms with Gasteiger partial charge in [-0.15, -0.1) is 0 Å². The summed E-state index contributed by atoms with van der Waals surface area (Å²) in [5, 5.41) is 0. The molecule has 2 amide bonds. The summed E-state index contributed by atoms with van der Waals surface area (Å²) >= 11 is 0. The summed E-state index contributed by atoms with van der Waals surface area (Å²) in [4.78, 5) is 28.4. The average molecular weight is 336 g/mol. The van der Waals surface area contributed by atoms with Crippen molar-refractivity contribution in [2.75, 3.05) is 40.0 Å². The number of alkyl halides is 1. The molecule has 2 atom stereocenters. The average Bonchev–Trinajstić information content (AvgIpc) is 3.03. The van der Waals surface area contributed by atoms with Gasteiger partial charge in [-0.05, 0) is 24.3 Å². The van der Waals surface area contributed by atoms with Crippen molar-refractivity contribution >= 4 is 11.8 Å². The molecule has 24 heavy (non-hydrogen) atoms. The Morgan fingerprint density at radius 2 is 1.88 bits per heavy atom. The van der Waals surface area contributed by atoms with E-state index in [1.807, 2.05) is 0 Å². The van der Waals surface area contributed by atoms with Crippen LogP contribution in [0.25, 0.3) is 0 Å². The van der Waals surface area contributed by atoms with E-state index >= 15 is 0 Å². The van der Waals surface area contributed by atoms with Gasteiger partial charge in [0.15, 0.2) is 0 Å². The van der Waals surface area contributed by atoms with E-state index in [9.17, 15) is 14.0 Å². The van der Waals surface area contributed by atoms with E-state index in [2.05, 4.69) is 0 Å². The molecule has 0 saturated carbocycles. The predicted molar refractivity (Wildman–Crippen MR) is 84.7 cm³/mol. The summed E-state index contributed by atoms with van der Waals surface area (Å²) in [5.74, 6) is 0.113. The second-order valence-corrected chi connectivity index (χ2v) is 5.97. The number of amides is 2. The maximum Gasteiger partial charge on any atom is 0.254 e. The molecule has 130 valence electrons. The summed E-state index contributed by atoms with van der Waals surface area (Å²) in [6, 6.07) is 5.86. The molecule has 6 nitrogen and oxygen atoms in total. The molecule has 0 N–H and O–H groups in total. The van der Waals surface area contributed by atoms with Crippen molar-refractivity contribution in [2.24, 2.45) is 0 Å². The quantitative estimate of drug-likeness (QED) is 0.830. The Kier molecular flexibility index (Phi) is 4.99. The molecular weight excluding hydrogens is 315 g/mol. The molecule has 2 fully saturated rings. The number of carbonyl (C=O) groups is 2. The van der Waals surface area contributed by atoms with Gasteiger partial charge in [0.25, 0.3) is 5.91 Å². The van der Waals surface area contributed by atoms with Crippen molar-refractivity contribution in [1.29, 1.82) is 0 Å². The molecule has 2 aliphatic rings. The van der Waals surface area contributed by atoms with Gasteiger partial charge in [-0.2, -0.15) is 0 Å². The lowest BCUT2D eigenvalue weighted by Gasteiger charge is -2.32. The van der Waals surface area contributed by atoms with Gasteiger partial charge in [-0.3, -0.25) is 9.59 Å². The molecule has 0 aromatic heterocycles. The first-order chi connectivity index (χ1) is 11.6. The maximum atomic E-state index is 13.9. The first-order valence-corrected chi connectivity index (χ1v) is 8.06. The van der Waals surface area contributed by atoms with Gasteiger partial charge >= 0.3 is 0 Å². The highest BCUT2D eigenvalue weighted by Gasteiger charge is 2.42. The molecule has 2 heterocycles. The fourth-order valence-electron chi connectivity index (χ4n) is 3.14. The topological polar surface area (TPSA) is 59.1 Å². The molecule has 0 bridgehead atoms. The number of rotatable bonds is 3. The molecular formula is C17H21FN2O4. The van der Waals surface area contributed by atoms with E-state index in [0.717, 1.165) is 0 Å². The van der Waals surface area contributed by atoms with Gasteiger partial charge in [0, 0.05) is 25.1 Å². The molecule has 2 aliphatic heterocycles. The van der Waals surface area contributed by atoms with Crippen LogP contribution < -0.4 is 4.74 Å². The standard InChI is InChI=1S/C17H21FN2O4/c1-23-14-4-2-12(3-5-14)16(21)20-11-13(18)10-15(20)17(22)19-6-8-24-9-7-19/h2-5,13,15H,6-11H2,1H3/t13-,15-/m0/s1. The second-order valence-electron chi connectivity index (χ2n) is 5.97. The zero-order chi connectivity index (χ0) is 17.1. The molecule has 1 aromatic rings. The fraction of sp³-hybridized carbons (Fsp3) is 0.529. The molecule has 0 radical (unpaired) electrons. The van der Waals surface area contributed by atoms with Crippen LogP contribution in [0.15, 0.2) is 24.3 Å². The number of carbonyl (C=O) groups excluding carboxylic acids is 2. The minimum absolute atomic E-state index is 0.0500. The van der Waals surface area contributed by atoms with Crippen LogP contribution in [0.2, 0.25) is 0 Å². The number of likely N-dealkylation sites (tertiary alicyclic amines) is 1. The van der Waals surface area contributed by atoms with E-state index in [1.54, 1.807) is 36.3 Å². The Labute approximate surface area is 140 Å². The summed E-state index contributed by atoms with van der Waals surface area (Å²) in [6.07, 6.45) is -1.12. The van der Waals surface area contributed by atoms with Crippen LogP contribution >= 0.6 is 0 Å². The van der Waals surface area contributed by atoms with E-state index in [4.69, 9.17) is 9.47 Å². The van der Waals surface area contributed by atoms with Gasteiger partial charge in [0.1, 0.15) is 18.0 Å². The summed E-state index contributed by atoms with van der Waals surface area (Å²) in [5.41, 5.74) is 0.421. The number of nitrogens with zero attached hydrogens (tertiary/aromatic N) is 2. The SMILES string of the molecule is COc1ccc(C(=O)N2C[C@@H](F)C[C@H]2C(=O)N2CCOCC2)cc1. The number of halogens is 1. The minimum atomic E-state index is -1.18. The Morgan fingerprint density at radius 3 is 2.50 bits per heavy atom. The summed E-state index contributed by atoms with van der Waals surface area (Å²) in [7, 11) is 1.54. The maximum absolute atomic E-state index is 13.9. The Morgan fingerprint density at radius 1 is 1.21 bits per heavy atom. The highest BCUT2D eigenvalue weighted by molar-refractivity contribution is 5.98. The molecule has 0 aliphatic carbocycles. The second kappa shape index (κ2) is 7.17. The van der Waals surface area contributed by atoms with Gasteiger partial charge in [-0.1, -0.05) is 0 Å². The number of methoxy groups -OCH3 is 1. The van der Waals surface area contributed by atoms with Crippen LogP contribution in [0.1, 0.15) is 16.8 Å². The third-order valence-electron chi connectivity index (χ3n) is 4.46. The lowest BCUT2D eigenvalue weighted by Crippen LogP contribution is -2.51. The monoisotopic (exact) mass is 336 g/mol. The van der Waals surface area contributed by atoms with E-state index in [0.29, 0.717) is 37.6 Å². The first-order valence-electron chi connectivity index (χ1n) is 8.06. The number of benzene rings is 1. The van der Waals surface area contributed by atoms with Gasteiger partial charge in [-0.25, -0.2) is 4.39 Å². The molecule has 0 spiro atoms. The van der Waals surface area contributed by atoms with Crippen LogP contribution in [0, 0.1) is 0 Å². The Balaban J connectivity index is 1.76. The third-order valence-corrected chi connectivity index (χ3v) is 4.46.